The quantitative estimate of drug-likeness (QED) is 0.668. The van der Waals surface area contributed by atoms with Crippen molar-refractivity contribution in [1.29, 1.82) is 0 Å². The van der Waals surface area contributed by atoms with E-state index in [4.69, 9.17) is 13.9 Å². The summed E-state index contributed by atoms with van der Waals surface area (Å²) in [5, 5.41) is 2.75. The Labute approximate surface area is 152 Å². The molecule has 0 unspecified atom stereocenters. The number of para-hydroxylation sites is 1. The van der Waals surface area contributed by atoms with E-state index in [2.05, 4.69) is 0 Å². The molecule has 1 amide bonds. The maximum absolute atomic E-state index is 13.5. The van der Waals surface area contributed by atoms with Gasteiger partial charge in [-0.2, -0.15) is 0 Å². The summed E-state index contributed by atoms with van der Waals surface area (Å²) in [6.45, 7) is -0.670. The number of rotatable bonds is 6. The molecule has 1 N–H and O–H groups in total. The minimum atomic E-state index is -0.921. The SMILES string of the molecule is COc1ccc2c(CC(=O)OCC(=O)Nc3c(F)cccc3F)coc2c1. The predicted molar refractivity (Wildman–Crippen MR) is 92.4 cm³/mol. The van der Waals surface area contributed by atoms with E-state index in [0.717, 1.165) is 12.1 Å². The van der Waals surface area contributed by atoms with Crippen LogP contribution in [0.1, 0.15) is 5.56 Å². The second kappa shape index (κ2) is 7.86. The molecule has 27 heavy (non-hydrogen) atoms. The zero-order valence-electron chi connectivity index (χ0n) is 14.3. The van der Waals surface area contributed by atoms with Crippen molar-refractivity contribution in [3.63, 3.8) is 0 Å². The van der Waals surface area contributed by atoms with Crippen LogP contribution in [0.5, 0.6) is 5.75 Å². The number of benzene rings is 2. The number of nitrogens with one attached hydrogen (secondary N) is 1. The Kier molecular flexibility index (Phi) is 5.35. The van der Waals surface area contributed by atoms with Gasteiger partial charge in [0.25, 0.3) is 5.91 Å². The number of fused-ring (bicyclic) bond motifs is 1. The molecule has 6 nitrogen and oxygen atoms in total. The molecule has 8 heteroatoms. The van der Waals surface area contributed by atoms with E-state index >= 15 is 0 Å². The number of furan rings is 1. The van der Waals surface area contributed by atoms with Crippen LogP contribution in [0.25, 0.3) is 11.0 Å². The van der Waals surface area contributed by atoms with Crippen molar-refractivity contribution in [2.24, 2.45) is 0 Å². The number of anilines is 1. The first-order valence-electron chi connectivity index (χ1n) is 7.91. The molecule has 0 saturated heterocycles. The number of halogens is 2. The molecule has 0 atom stereocenters. The van der Waals surface area contributed by atoms with Crippen molar-refractivity contribution < 1.29 is 32.3 Å². The van der Waals surface area contributed by atoms with Gasteiger partial charge in [0.15, 0.2) is 6.61 Å². The summed E-state index contributed by atoms with van der Waals surface area (Å²) in [7, 11) is 1.53. The minimum absolute atomic E-state index is 0.124. The minimum Gasteiger partial charge on any atom is -0.497 e. The number of hydrogen-bond donors (Lipinski definition) is 1. The maximum atomic E-state index is 13.5. The molecule has 2 aromatic carbocycles. The van der Waals surface area contributed by atoms with Gasteiger partial charge in [0.05, 0.1) is 19.8 Å². The summed E-state index contributed by atoms with van der Waals surface area (Å²) in [5.74, 6) is -2.76. The molecule has 0 aliphatic heterocycles. The highest BCUT2D eigenvalue weighted by Crippen LogP contribution is 2.26. The van der Waals surface area contributed by atoms with E-state index < -0.39 is 35.8 Å². The molecule has 0 fully saturated rings. The molecule has 3 aromatic rings. The van der Waals surface area contributed by atoms with Crippen molar-refractivity contribution in [3.05, 3.63) is 59.9 Å². The van der Waals surface area contributed by atoms with Gasteiger partial charge in [-0.3, -0.25) is 9.59 Å². The van der Waals surface area contributed by atoms with E-state index in [0.29, 0.717) is 22.3 Å². The number of esters is 1. The number of amides is 1. The second-order valence-electron chi connectivity index (χ2n) is 5.61. The van der Waals surface area contributed by atoms with E-state index in [1.54, 1.807) is 18.2 Å². The smallest absolute Gasteiger partial charge is 0.310 e. The predicted octanol–water partition coefficient (Wildman–Crippen LogP) is 3.44. The van der Waals surface area contributed by atoms with Crippen LogP contribution in [-0.2, 0) is 20.7 Å². The van der Waals surface area contributed by atoms with Crippen LogP contribution < -0.4 is 10.1 Å². The summed E-state index contributed by atoms with van der Waals surface area (Å²) in [5.41, 5.74) is 0.538. The van der Waals surface area contributed by atoms with Crippen LogP contribution in [-0.4, -0.2) is 25.6 Å². The normalized spacial score (nSPS) is 10.6. The van der Waals surface area contributed by atoms with Crippen LogP contribution in [0, 0.1) is 11.6 Å². The van der Waals surface area contributed by atoms with Gasteiger partial charge in [0, 0.05) is 17.0 Å². The highest BCUT2D eigenvalue weighted by molar-refractivity contribution is 5.93. The lowest BCUT2D eigenvalue weighted by atomic mass is 10.1. The van der Waals surface area contributed by atoms with Crippen LogP contribution in [0.4, 0.5) is 14.5 Å². The summed E-state index contributed by atoms with van der Waals surface area (Å²) in [4.78, 5) is 23.7. The molecule has 1 heterocycles. The highest BCUT2D eigenvalue weighted by Gasteiger charge is 2.16. The van der Waals surface area contributed by atoms with Gasteiger partial charge in [-0.25, -0.2) is 8.78 Å². The Morgan fingerprint density at radius 3 is 2.59 bits per heavy atom. The van der Waals surface area contributed by atoms with Gasteiger partial charge >= 0.3 is 5.97 Å². The van der Waals surface area contributed by atoms with Crippen molar-refractivity contribution in [2.75, 3.05) is 19.0 Å². The number of carbonyl (C=O) groups is 2. The molecule has 0 saturated carbocycles. The third-order valence-electron chi connectivity index (χ3n) is 3.79. The number of ether oxygens (including phenoxy) is 2. The maximum Gasteiger partial charge on any atom is 0.310 e. The van der Waals surface area contributed by atoms with Crippen LogP contribution in [0.2, 0.25) is 0 Å². The average molecular weight is 375 g/mol. The fourth-order valence-electron chi connectivity index (χ4n) is 2.47. The monoisotopic (exact) mass is 375 g/mol. The molecule has 1 aromatic heterocycles. The largest absolute Gasteiger partial charge is 0.497 e. The fourth-order valence-corrected chi connectivity index (χ4v) is 2.47. The lowest BCUT2D eigenvalue weighted by Gasteiger charge is -2.08. The summed E-state index contributed by atoms with van der Waals surface area (Å²) in [6, 6.07) is 8.33. The van der Waals surface area contributed by atoms with Crippen LogP contribution in [0.3, 0.4) is 0 Å². The molecule has 0 aliphatic carbocycles. The van der Waals surface area contributed by atoms with Gasteiger partial charge < -0.3 is 19.2 Å². The van der Waals surface area contributed by atoms with Crippen molar-refractivity contribution in [3.8, 4) is 5.75 Å². The third kappa shape index (κ3) is 4.22. The highest BCUT2D eigenvalue weighted by atomic mass is 19.1. The third-order valence-corrected chi connectivity index (χ3v) is 3.79. The van der Waals surface area contributed by atoms with E-state index in [1.807, 2.05) is 5.32 Å². The van der Waals surface area contributed by atoms with Gasteiger partial charge in [-0.05, 0) is 24.3 Å². The van der Waals surface area contributed by atoms with E-state index in [9.17, 15) is 18.4 Å². The number of carbonyl (C=O) groups excluding carboxylic acids is 2. The number of methoxy groups -OCH3 is 1. The molecular formula is C19H15F2NO5. The summed E-state index contributed by atoms with van der Waals surface area (Å²) < 4.78 is 42.3. The standard InChI is InChI=1S/C19H15F2NO5/c1-25-12-5-6-13-11(9-26-16(13)8-12)7-18(24)27-10-17(23)22-19-14(20)3-2-4-15(19)21/h2-6,8-9H,7,10H2,1H3,(H,22,23). The topological polar surface area (TPSA) is 77.8 Å². The molecule has 0 bridgehead atoms. The lowest BCUT2D eigenvalue weighted by molar-refractivity contribution is -0.146. The Morgan fingerprint density at radius 2 is 1.89 bits per heavy atom. The van der Waals surface area contributed by atoms with Crippen molar-refractivity contribution in [2.45, 2.75) is 6.42 Å². The summed E-state index contributed by atoms with van der Waals surface area (Å²) in [6.07, 6.45) is 1.29. The Bertz CT molecular complexity index is 979. The van der Waals surface area contributed by atoms with Gasteiger partial charge in [0.2, 0.25) is 0 Å². The van der Waals surface area contributed by atoms with Crippen molar-refractivity contribution >= 4 is 28.5 Å². The zero-order valence-corrected chi connectivity index (χ0v) is 14.3. The number of hydrogen-bond acceptors (Lipinski definition) is 5. The molecule has 0 spiro atoms. The first-order chi connectivity index (χ1) is 13.0. The second-order valence-corrected chi connectivity index (χ2v) is 5.61. The van der Waals surface area contributed by atoms with Crippen molar-refractivity contribution in [1.82, 2.24) is 0 Å². The van der Waals surface area contributed by atoms with Gasteiger partial charge in [-0.15, -0.1) is 0 Å². The van der Waals surface area contributed by atoms with Crippen LogP contribution in [0.15, 0.2) is 47.1 Å². The van der Waals surface area contributed by atoms with Gasteiger partial charge in [-0.1, -0.05) is 6.07 Å². The van der Waals surface area contributed by atoms with Crippen LogP contribution >= 0.6 is 0 Å². The fraction of sp³-hybridized carbons (Fsp3) is 0.158. The molecular weight excluding hydrogens is 360 g/mol. The van der Waals surface area contributed by atoms with E-state index in [-0.39, 0.29) is 6.42 Å². The molecule has 3 rings (SSSR count). The zero-order chi connectivity index (χ0) is 19.4. The molecule has 140 valence electrons. The first-order valence-corrected chi connectivity index (χ1v) is 7.91. The first kappa shape index (κ1) is 18.4. The van der Waals surface area contributed by atoms with E-state index in [1.165, 1.54) is 19.4 Å². The van der Waals surface area contributed by atoms with Gasteiger partial charge in [0.1, 0.15) is 28.7 Å². The molecule has 0 aliphatic rings. The Morgan fingerprint density at radius 1 is 1.15 bits per heavy atom. The average Bonchev–Trinajstić information content (AvgIpc) is 3.05. The Balaban J connectivity index is 1.57. The summed E-state index contributed by atoms with van der Waals surface area (Å²) >= 11 is 0. The lowest BCUT2D eigenvalue weighted by Crippen LogP contribution is -2.22. The molecule has 0 radical (unpaired) electrons. The Hall–Kier alpha value is -3.42.